The van der Waals surface area contributed by atoms with Crippen LogP contribution in [0.2, 0.25) is 0 Å². The van der Waals surface area contributed by atoms with Crippen LogP contribution in [0.15, 0.2) is 11.4 Å². The minimum atomic E-state index is 0.300. The average Bonchev–Trinajstić information content (AvgIpc) is 3.61. The molecule has 1 aliphatic carbocycles. The van der Waals surface area contributed by atoms with Gasteiger partial charge in [-0.05, 0) is 76.4 Å². The quantitative estimate of drug-likeness (QED) is 0.0716. The summed E-state index contributed by atoms with van der Waals surface area (Å²) >= 11 is 6.76. The number of aryl methyl sites for hydroxylation is 1. The molecule has 0 spiro atoms. The SMILES string of the molecule is CCCCCCCCCCCCc1csc2c1C(CCCCCCCC)(CCCCCCCC)c1cc(I)sc1-2. The van der Waals surface area contributed by atoms with Crippen molar-refractivity contribution in [3.8, 4) is 9.75 Å². The molecule has 0 unspecified atom stereocenters. The van der Waals surface area contributed by atoms with Crippen LogP contribution in [0.25, 0.3) is 9.75 Å². The molecule has 0 saturated heterocycles. The van der Waals surface area contributed by atoms with E-state index in [1.54, 1.807) is 20.9 Å². The zero-order valence-corrected chi connectivity index (χ0v) is 30.3. The summed E-state index contributed by atoms with van der Waals surface area (Å²) in [6, 6.07) is 2.60. The number of hydrogen-bond donors (Lipinski definition) is 0. The highest BCUT2D eigenvalue weighted by Gasteiger charge is 2.46. The topological polar surface area (TPSA) is 0 Å². The van der Waals surface area contributed by atoms with Crippen molar-refractivity contribution in [1.29, 1.82) is 0 Å². The van der Waals surface area contributed by atoms with Crippen molar-refractivity contribution < 1.29 is 0 Å². The van der Waals surface area contributed by atoms with Gasteiger partial charge in [-0.1, -0.05) is 156 Å². The second kappa shape index (κ2) is 20.2. The molecule has 228 valence electrons. The lowest BCUT2D eigenvalue weighted by Crippen LogP contribution is -2.26. The van der Waals surface area contributed by atoms with Crippen LogP contribution in [0.5, 0.6) is 0 Å². The molecule has 0 aromatic carbocycles. The largest absolute Gasteiger partial charge is 0.142 e. The van der Waals surface area contributed by atoms with Crippen molar-refractivity contribution in [3.63, 3.8) is 0 Å². The van der Waals surface area contributed by atoms with E-state index in [0.29, 0.717) is 5.41 Å². The molecular formula is C37H61IS2. The van der Waals surface area contributed by atoms with E-state index < -0.39 is 0 Å². The molecule has 0 bridgehead atoms. The molecule has 0 radical (unpaired) electrons. The van der Waals surface area contributed by atoms with Crippen molar-refractivity contribution >= 4 is 45.3 Å². The second-order valence-corrected chi connectivity index (χ2v) is 16.6. The Morgan fingerprint density at radius 2 is 1.02 bits per heavy atom. The highest BCUT2D eigenvalue weighted by atomic mass is 127. The van der Waals surface area contributed by atoms with Gasteiger partial charge >= 0.3 is 0 Å². The summed E-state index contributed by atoms with van der Waals surface area (Å²) in [6.07, 6.45) is 35.2. The molecule has 0 nitrogen and oxygen atoms in total. The van der Waals surface area contributed by atoms with Gasteiger partial charge in [0.25, 0.3) is 0 Å². The molecular weight excluding hydrogens is 635 g/mol. The second-order valence-electron chi connectivity index (χ2n) is 12.8. The normalized spacial score (nSPS) is 13.7. The molecule has 2 aromatic rings. The smallest absolute Gasteiger partial charge is 0.0663 e. The van der Waals surface area contributed by atoms with E-state index in [9.17, 15) is 0 Å². The van der Waals surface area contributed by atoms with Gasteiger partial charge in [0.15, 0.2) is 0 Å². The average molecular weight is 697 g/mol. The standard InChI is InChI=1S/C37H61IS2/c1-4-7-10-13-16-17-18-19-20-23-26-31-30-39-36-34(31)37(27-24-21-14-11-8-5-2,28-25-22-15-12-9-6-3)32-29-33(38)40-35(32)36/h29-30H,4-28H2,1-3H3. The number of fused-ring (bicyclic) bond motifs is 3. The van der Waals surface area contributed by atoms with Crippen molar-refractivity contribution in [3.05, 3.63) is 31.0 Å². The molecule has 0 saturated carbocycles. The summed E-state index contributed by atoms with van der Waals surface area (Å²) in [6.45, 7) is 6.99. The molecule has 0 fully saturated rings. The van der Waals surface area contributed by atoms with Crippen LogP contribution < -0.4 is 0 Å². The monoisotopic (exact) mass is 696 g/mol. The lowest BCUT2D eigenvalue weighted by molar-refractivity contribution is 0.396. The number of thiophene rings is 2. The van der Waals surface area contributed by atoms with Gasteiger partial charge in [-0.25, -0.2) is 0 Å². The number of unbranched alkanes of at least 4 members (excludes halogenated alkanes) is 19. The number of halogens is 1. The maximum Gasteiger partial charge on any atom is 0.0663 e. The first-order chi connectivity index (χ1) is 19.7. The minimum Gasteiger partial charge on any atom is -0.142 e. The van der Waals surface area contributed by atoms with Gasteiger partial charge in [-0.3, -0.25) is 0 Å². The Morgan fingerprint density at radius 3 is 1.52 bits per heavy atom. The van der Waals surface area contributed by atoms with E-state index in [1.807, 2.05) is 5.56 Å². The van der Waals surface area contributed by atoms with Crippen LogP contribution in [-0.2, 0) is 11.8 Å². The predicted molar refractivity (Wildman–Crippen MR) is 193 cm³/mol. The Hall–Kier alpha value is 0.130. The first-order valence-corrected chi connectivity index (χ1v) is 20.4. The van der Waals surface area contributed by atoms with Crippen LogP contribution in [0, 0.1) is 2.88 Å². The van der Waals surface area contributed by atoms with Gasteiger partial charge in [-0.2, -0.15) is 0 Å². The first-order valence-electron chi connectivity index (χ1n) is 17.6. The molecule has 0 aliphatic heterocycles. The molecule has 3 heteroatoms. The summed E-state index contributed by atoms with van der Waals surface area (Å²) in [5.74, 6) is 0. The van der Waals surface area contributed by atoms with Gasteiger partial charge < -0.3 is 0 Å². The Balaban J connectivity index is 1.65. The zero-order chi connectivity index (χ0) is 28.5. The van der Waals surface area contributed by atoms with Crippen molar-refractivity contribution in [1.82, 2.24) is 0 Å². The molecule has 0 amide bonds. The maximum atomic E-state index is 2.60. The van der Waals surface area contributed by atoms with Crippen LogP contribution in [0.1, 0.15) is 192 Å². The van der Waals surface area contributed by atoms with Gasteiger partial charge in [0, 0.05) is 15.2 Å². The third-order valence-electron chi connectivity index (χ3n) is 9.48. The van der Waals surface area contributed by atoms with E-state index in [1.165, 1.54) is 163 Å². The van der Waals surface area contributed by atoms with Crippen molar-refractivity contribution in [2.75, 3.05) is 0 Å². The fourth-order valence-electron chi connectivity index (χ4n) is 7.15. The fraction of sp³-hybridized carbons (Fsp3) is 0.784. The third-order valence-corrected chi connectivity index (χ3v) is 12.6. The fourth-order valence-corrected chi connectivity index (χ4v) is 10.5. The predicted octanol–water partition coefficient (Wildman–Crippen LogP) is 14.6. The highest BCUT2D eigenvalue weighted by molar-refractivity contribution is 14.1. The minimum absolute atomic E-state index is 0.300. The van der Waals surface area contributed by atoms with E-state index >= 15 is 0 Å². The summed E-state index contributed by atoms with van der Waals surface area (Å²) < 4.78 is 1.49. The summed E-state index contributed by atoms with van der Waals surface area (Å²) in [5, 5.41) is 2.59. The highest BCUT2D eigenvalue weighted by Crippen LogP contribution is 2.60. The van der Waals surface area contributed by atoms with E-state index in [-0.39, 0.29) is 0 Å². The van der Waals surface area contributed by atoms with Crippen LogP contribution in [0.4, 0.5) is 0 Å². The molecule has 2 heterocycles. The molecule has 1 aliphatic rings. The molecule has 40 heavy (non-hydrogen) atoms. The van der Waals surface area contributed by atoms with Crippen LogP contribution in [0.3, 0.4) is 0 Å². The number of hydrogen-bond acceptors (Lipinski definition) is 2. The lowest BCUT2D eigenvalue weighted by Gasteiger charge is -2.33. The first kappa shape index (κ1) is 34.6. The van der Waals surface area contributed by atoms with E-state index in [2.05, 4.69) is 77.5 Å². The maximum absolute atomic E-state index is 2.60. The van der Waals surface area contributed by atoms with Gasteiger partial charge in [0.1, 0.15) is 0 Å². The van der Waals surface area contributed by atoms with Crippen molar-refractivity contribution in [2.24, 2.45) is 0 Å². The van der Waals surface area contributed by atoms with Crippen LogP contribution in [-0.4, -0.2) is 0 Å². The van der Waals surface area contributed by atoms with Crippen molar-refractivity contribution in [2.45, 2.75) is 187 Å². The van der Waals surface area contributed by atoms with E-state index in [0.717, 1.165) is 0 Å². The Kier molecular flexibility index (Phi) is 17.4. The van der Waals surface area contributed by atoms with Gasteiger partial charge in [0.2, 0.25) is 0 Å². The summed E-state index contributed by atoms with van der Waals surface area (Å²) in [5.41, 5.74) is 5.58. The van der Waals surface area contributed by atoms with E-state index in [4.69, 9.17) is 0 Å². The molecule has 0 N–H and O–H groups in total. The molecule has 3 rings (SSSR count). The Labute approximate surface area is 271 Å². The third kappa shape index (κ3) is 10.4. The summed E-state index contributed by atoms with van der Waals surface area (Å²) in [4.78, 5) is 3.32. The molecule has 2 aromatic heterocycles. The zero-order valence-electron chi connectivity index (χ0n) is 26.5. The molecule has 0 atom stereocenters. The van der Waals surface area contributed by atoms with Crippen LogP contribution >= 0.6 is 45.3 Å². The number of rotatable bonds is 25. The lowest BCUT2D eigenvalue weighted by atomic mass is 9.70. The summed E-state index contributed by atoms with van der Waals surface area (Å²) in [7, 11) is 0. The van der Waals surface area contributed by atoms with Gasteiger partial charge in [-0.15, -0.1) is 22.7 Å². The van der Waals surface area contributed by atoms with Gasteiger partial charge in [0.05, 0.1) is 2.88 Å². The Bertz CT molecular complexity index is 907. The Morgan fingerprint density at radius 1 is 0.575 bits per heavy atom.